The van der Waals surface area contributed by atoms with Gasteiger partial charge < -0.3 is 10.3 Å². The maximum Gasteiger partial charge on any atom is 0.0583 e. The van der Waals surface area contributed by atoms with Gasteiger partial charge in [0.05, 0.1) is 5.02 Å². The molecule has 0 amide bonds. The number of aromatic amines is 1. The molecule has 0 aromatic carbocycles. The van der Waals surface area contributed by atoms with Crippen LogP contribution in [0.5, 0.6) is 0 Å². The van der Waals surface area contributed by atoms with E-state index in [9.17, 15) is 0 Å². The van der Waals surface area contributed by atoms with Crippen molar-refractivity contribution in [2.75, 3.05) is 26.2 Å². The highest BCUT2D eigenvalue weighted by Crippen LogP contribution is 2.11. The fourth-order valence-electron chi connectivity index (χ4n) is 1.61. The van der Waals surface area contributed by atoms with Crippen molar-refractivity contribution in [3.63, 3.8) is 0 Å². The molecule has 1 aliphatic rings. The van der Waals surface area contributed by atoms with E-state index >= 15 is 0 Å². The fraction of sp³-hybridized carbons (Fsp3) is 0.556. The molecule has 2 rings (SSSR count). The van der Waals surface area contributed by atoms with Crippen molar-refractivity contribution >= 4 is 11.6 Å². The highest BCUT2D eigenvalue weighted by molar-refractivity contribution is 6.30. The molecule has 13 heavy (non-hydrogen) atoms. The predicted octanol–water partition coefficient (Wildman–Crippen LogP) is 1.07. The van der Waals surface area contributed by atoms with Gasteiger partial charge in [-0.15, -0.1) is 0 Å². The van der Waals surface area contributed by atoms with Crippen LogP contribution in [0.2, 0.25) is 5.02 Å². The summed E-state index contributed by atoms with van der Waals surface area (Å²) >= 11 is 5.82. The Morgan fingerprint density at radius 3 is 2.77 bits per heavy atom. The third-order valence-electron chi connectivity index (χ3n) is 2.31. The van der Waals surface area contributed by atoms with Crippen molar-refractivity contribution in [2.24, 2.45) is 0 Å². The summed E-state index contributed by atoms with van der Waals surface area (Å²) in [4.78, 5) is 5.57. The smallest absolute Gasteiger partial charge is 0.0583 e. The van der Waals surface area contributed by atoms with E-state index in [0.29, 0.717) is 0 Å². The van der Waals surface area contributed by atoms with E-state index in [1.54, 1.807) is 0 Å². The molecule has 1 saturated heterocycles. The van der Waals surface area contributed by atoms with Crippen molar-refractivity contribution in [3.05, 3.63) is 23.0 Å². The van der Waals surface area contributed by atoms with Crippen LogP contribution in [0.4, 0.5) is 0 Å². The minimum absolute atomic E-state index is 0.796. The Morgan fingerprint density at radius 2 is 2.15 bits per heavy atom. The molecular weight excluding hydrogens is 186 g/mol. The van der Waals surface area contributed by atoms with Gasteiger partial charge in [-0.1, -0.05) is 11.6 Å². The molecule has 0 spiro atoms. The number of piperazine rings is 1. The van der Waals surface area contributed by atoms with Crippen molar-refractivity contribution < 1.29 is 0 Å². The predicted molar refractivity (Wildman–Crippen MR) is 53.9 cm³/mol. The quantitative estimate of drug-likeness (QED) is 0.747. The minimum Gasteiger partial charge on any atom is -0.363 e. The van der Waals surface area contributed by atoms with Crippen LogP contribution in [-0.4, -0.2) is 36.1 Å². The molecule has 1 aromatic heterocycles. The SMILES string of the molecule is Clc1c[nH]c(CN2CCNCC2)c1. The van der Waals surface area contributed by atoms with Crippen LogP contribution in [0, 0.1) is 0 Å². The van der Waals surface area contributed by atoms with Gasteiger partial charge in [-0.3, -0.25) is 4.90 Å². The van der Waals surface area contributed by atoms with Gasteiger partial charge in [-0.25, -0.2) is 0 Å². The van der Waals surface area contributed by atoms with E-state index in [4.69, 9.17) is 11.6 Å². The van der Waals surface area contributed by atoms with Gasteiger partial charge in [-0.2, -0.15) is 0 Å². The fourth-order valence-corrected chi connectivity index (χ4v) is 1.80. The molecule has 72 valence electrons. The normalized spacial score (nSPS) is 19.2. The first kappa shape index (κ1) is 9.06. The standard InChI is InChI=1S/C9H14ClN3/c10-8-5-9(12-6-8)7-13-3-1-11-2-4-13/h5-6,11-12H,1-4,7H2. The van der Waals surface area contributed by atoms with Gasteiger partial charge in [0.2, 0.25) is 0 Å². The van der Waals surface area contributed by atoms with Crippen LogP contribution in [0.15, 0.2) is 12.3 Å². The summed E-state index contributed by atoms with van der Waals surface area (Å²) in [5.74, 6) is 0. The largest absolute Gasteiger partial charge is 0.363 e. The second kappa shape index (κ2) is 4.13. The van der Waals surface area contributed by atoms with Crippen LogP contribution in [0.25, 0.3) is 0 Å². The molecule has 2 N–H and O–H groups in total. The van der Waals surface area contributed by atoms with Crippen LogP contribution >= 0.6 is 11.6 Å². The monoisotopic (exact) mass is 199 g/mol. The van der Waals surface area contributed by atoms with Crippen LogP contribution in [0.1, 0.15) is 5.69 Å². The van der Waals surface area contributed by atoms with Crippen LogP contribution in [-0.2, 0) is 6.54 Å². The average Bonchev–Trinajstić information content (AvgIpc) is 2.53. The summed E-state index contributed by atoms with van der Waals surface area (Å²) in [6.07, 6.45) is 1.83. The molecule has 0 bridgehead atoms. The Labute approximate surface area is 83.1 Å². The van der Waals surface area contributed by atoms with E-state index in [2.05, 4.69) is 15.2 Å². The van der Waals surface area contributed by atoms with E-state index < -0.39 is 0 Å². The number of H-pyrrole nitrogens is 1. The van der Waals surface area contributed by atoms with E-state index in [1.165, 1.54) is 5.69 Å². The summed E-state index contributed by atoms with van der Waals surface area (Å²) in [5.41, 5.74) is 1.20. The molecule has 3 nitrogen and oxygen atoms in total. The first-order valence-electron chi connectivity index (χ1n) is 4.60. The minimum atomic E-state index is 0.796. The lowest BCUT2D eigenvalue weighted by atomic mass is 10.3. The summed E-state index contributed by atoms with van der Waals surface area (Å²) < 4.78 is 0. The Morgan fingerprint density at radius 1 is 1.38 bits per heavy atom. The zero-order valence-corrected chi connectivity index (χ0v) is 8.27. The molecule has 4 heteroatoms. The highest BCUT2D eigenvalue weighted by Gasteiger charge is 2.10. The van der Waals surface area contributed by atoms with Gasteiger partial charge >= 0.3 is 0 Å². The second-order valence-corrected chi connectivity index (χ2v) is 3.81. The van der Waals surface area contributed by atoms with Crippen LogP contribution < -0.4 is 5.32 Å². The van der Waals surface area contributed by atoms with Crippen LogP contribution in [0.3, 0.4) is 0 Å². The zero-order valence-electron chi connectivity index (χ0n) is 7.52. The number of hydrogen-bond acceptors (Lipinski definition) is 2. The van der Waals surface area contributed by atoms with Crippen molar-refractivity contribution in [2.45, 2.75) is 6.54 Å². The highest BCUT2D eigenvalue weighted by atomic mass is 35.5. The second-order valence-electron chi connectivity index (χ2n) is 3.37. The van der Waals surface area contributed by atoms with Gasteiger partial charge in [-0.05, 0) is 6.07 Å². The molecule has 0 radical (unpaired) electrons. The molecule has 2 heterocycles. The lowest BCUT2D eigenvalue weighted by Gasteiger charge is -2.26. The molecule has 0 saturated carbocycles. The first-order chi connectivity index (χ1) is 6.34. The van der Waals surface area contributed by atoms with E-state index in [1.807, 2.05) is 12.3 Å². The van der Waals surface area contributed by atoms with Crippen molar-refractivity contribution in [1.29, 1.82) is 0 Å². The molecule has 1 aliphatic heterocycles. The number of rotatable bonds is 2. The lowest BCUT2D eigenvalue weighted by molar-refractivity contribution is 0.231. The number of hydrogen-bond donors (Lipinski definition) is 2. The topological polar surface area (TPSA) is 31.1 Å². The number of nitrogens with zero attached hydrogens (tertiary/aromatic N) is 1. The Kier molecular flexibility index (Phi) is 2.88. The van der Waals surface area contributed by atoms with Gasteiger partial charge in [0.25, 0.3) is 0 Å². The third-order valence-corrected chi connectivity index (χ3v) is 2.53. The molecule has 0 unspecified atom stereocenters. The van der Waals surface area contributed by atoms with Crippen molar-refractivity contribution in [1.82, 2.24) is 15.2 Å². The van der Waals surface area contributed by atoms with Gasteiger partial charge in [0.15, 0.2) is 0 Å². The maximum atomic E-state index is 5.82. The number of nitrogens with one attached hydrogen (secondary N) is 2. The summed E-state index contributed by atoms with van der Waals surface area (Å²) in [6, 6.07) is 1.99. The number of halogens is 1. The third kappa shape index (κ3) is 2.46. The maximum absolute atomic E-state index is 5.82. The Hall–Kier alpha value is -0.510. The number of aromatic nitrogens is 1. The zero-order chi connectivity index (χ0) is 9.10. The molecule has 1 aromatic rings. The average molecular weight is 200 g/mol. The Balaban J connectivity index is 1.89. The summed E-state index contributed by atoms with van der Waals surface area (Å²) in [5, 5.41) is 4.12. The van der Waals surface area contributed by atoms with Gasteiger partial charge in [0.1, 0.15) is 0 Å². The summed E-state index contributed by atoms with van der Waals surface area (Å²) in [6.45, 7) is 5.41. The molecule has 0 atom stereocenters. The molecule has 0 aliphatic carbocycles. The lowest BCUT2D eigenvalue weighted by Crippen LogP contribution is -2.42. The molecule has 1 fully saturated rings. The summed E-state index contributed by atoms with van der Waals surface area (Å²) in [7, 11) is 0. The van der Waals surface area contributed by atoms with Crippen molar-refractivity contribution in [3.8, 4) is 0 Å². The Bertz CT molecular complexity index is 266. The molecular formula is C9H14ClN3. The van der Waals surface area contributed by atoms with Gasteiger partial charge in [0, 0.05) is 44.6 Å². The van der Waals surface area contributed by atoms with E-state index in [0.717, 1.165) is 37.7 Å². The first-order valence-corrected chi connectivity index (χ1v) is 4.98. The van der Waals surface area contributed by atoms with E-state index in [-0.39, 0.29) is 0 Å².